The van der Waals surface area contributed by atoms with E-state index in [1.807, 2.05) is 0 Å². The molecular formula is C44H32N2. The van der Waals surface area contributed by atoms with Gasteiger partial charge in [0.05, 0.1) is 22.1 Å². The van der Waals surface area contributed by atoms with E-state index in [4.69, 9.17) is 0 Å². The van der Waals surface area contributed by atoms with Gasteiger partial charge in [-0.15, -0.1) is 0 Å². The molecule has 0 aliphatic heterocycles. The van der Waals surface area contributed by atoms with E-state index in [1.54, 1.807) is 0 Å². The van der Waals surface area contributed by atoms with E-state index < -0.39 is 0 Å². The van der Waals surface area contributed by atoms with Gasteiger partial charge < -0.3 is 9.13 Å². The Morgan fingerprint density at radius 1 is 0.304 bits per heavy atom. The second kappa shape index (κ2) is 10.4. The van der Waals surface area contributed by atoms with Gasteiger partial charge >= 0.3 is 0 Å². The zero-order valence-electron chi connectivity index (χ0n) is 25.9. The van der Waals surface area contributed by atoms with Crippen molar-refractivity contribution in [3.63, 3.8) is 0 Å². The number of hydrogen-bond donors (Lipinski definition) is 0. The third-order valence-corrected chi connectivity index (χ3v) is 9.49. The Hall–Kier alpha value is -5.86. The highest BCUT2D eigenvalue weighted by Gasteiger charge is 2.20. The molecule has 2 heterocycles. The van der Waals surface area contributed by atoms with Gasteiger partial charge in [0.15, 0.2) is 0 Å². The number of para-hydroxylation sites is 2. The molecule has 0 aliphatic rings. The number of nitrogens with zero attached hydrogens (tertiary/aromatic N) is 2. The molecule has 0 radical (unpaired) electrons. The minimum Gasteiger partial charge on any atom is -0.309 e. The van der Waals surface area contributed by atoms with Crippen molar-refractivity contribution in [2.45, 2.75) is 13.8 Å². The van der Waals surface area contributed by atoms with E-state index in [-0.39, 0.29) is 0 Å². The molecular weight excluding hydrogens is 556 g/mol. The Labute approximate surface area is 268 Å². The van der Waals surface area contributed by atoms with Gasteiger partial charge in [0.25, 0.3) is 0 Å². The second-order valence-electron chi connectivity index (χ2n) is 12.4. The summed E-state index contributed by atoms with van der Waals surface area (Å²) in [4.78, 5) is 0. The fourth-order valence-electron chi connectivity index (χ4n) is 7.17. The van der Waals surface area contributed by atoms with E-state index in [1.165, 1.54) is 77.0 Å². The predicted molar refractivity (Wildman–Crippen MR) is 195 cm³/mol. The Kier molecular flexibility index (Phi) is 5.97. The molecule has 7 aromatic carbocycles. The van der Waals surface area contributed by atoms with Crippen LogP contribution in [0.2, 0.25) is 0 Å². The predicted octanol–water partition coefficient (Wildman–Crippen LogP) is 11.8. The molecule has 0 saturated heterocycles. The first-order valence-electron chi connectivity index (χ1n) is 15.9. The third-order valence-electron chi connectivity index (χ3n) is 9.49. The zero-order chi connectivity index (χ0) is 30.8. The molecule has 9 rings (SSSR count). The fourth-order valence-corrected chi connectivity index (χ4v) is 7.17. The summed E-state index contributed by atoms with van der Waals surface area (Å²) in [6.45, 7) is 4.26. The van der Waals surface area contributed by atoms with Crippen molar-refractivity contribution < 1.29 is 0 Å². The van der Waals surface area contributed by atoms with Crippen LogP contribution in [0.3, 0.4) is 0 Å². The number of fused-ring (bicyclic) bond motifs is 7. The summed E-state index contributed by atoms with van der Waals surface area (Å²) < 4.78 is 4.84. The van der Waals surface area contributed by atoms with E-state index in [0.29, 0.717) is 0 Å². The first-order valence-corrected chi connectivity index (χ1v) is 15.9. The van der Waals surface area contributed by atoms with E-state index in [0.717, 1.165) is 11.4 Å². The number of benzene rings is 7. The van der Waals surface area contributed by atoms with Crippen molar-refractivity contribution in [3.8, 4) is 33.6 Å². The van der Waals surface area contributed by atoms with Crippen LogP contribution in [-0.2, 0) is 0 Å². The van der Waals surface area contributed by atoms with E-state index >= 15 is 0 Å². The lowest BCUT2D eigenvalue weighted by Crippen LogP contribution is -1.95. The summed E-state index contributed by atoms with van der Waals surface area (Å²) in [5.41, 5.74) is 14.7. The lowest BCUT2D eigenvalue weighted by Gasteiger charge is -2.11. The number of rotatable bonds is 4. The van der Waals surface area contributed by atoms with E-state index in [9.17, 15) is 0 Å². The highest BCUT2D eigenvalue weighted by Crippen LogP contribution is 2.42. The molecule has 0 amide bonds. The Morgan fingerprint density at radius 2 is 0.630 bits per heavy atom. The minimum absolute atomic E-state index is 1.16. The minimum atomic E-state index is 1.16. The molecule has 46 heavy (non-hydrogen) atoms. The molecule has 2 aromatic heterocycles. The first-order chi connectivity index (χ1) is 22.6. The monoisotopic (exact) mass is 588 g/mol. The average molecular weight is 589 g/mol. The number of aryl methyl sites for hydroxylation is 2. The third kappa shape index (κ3) is 4.11. The molecule has 0 saturated carbocycles. The van der Waals surface area contributed by atoms with Gasteiger partial charge in [0.2, 0.25) is 0 Å². The van der Waals surface area contributed by atoms with Gasteiger partial charge in [0, 0.05) is 32.9 Å². The molecule has 0 fully saturated rings. The second-order valence-corrected chi connectivity index (χ2v) is 12.4. The Balaban J connectivity index is 1.26. The molecule has 0 unspecified atom stereocenters. The molecule has 2 nitrogen and oxygen atoms in total. The molecule has 0 N–H and O–H groups in total. The highest BCUT2D eigenvalue weighted by molar-refractivity contribution is 6.28. The van der Waals surface area contributed by atoms with Crippen molar-refractivity contribution in [2.75, 3.05) is 0 Å². The van der Waals surface area contributed by atoms with Gasteiger partial charge in [-0.25, -0.2) is 0 Å². The molecule has 2 heteroatoms. The lowest BCUT2D eigenvalue weighted by molar-refractivity contribution is 1.17. The van der Waals surface area contributed by atoms with Crippen LogP contribution in [0, 0.1) is 13.8 Å². The van der Waals surface area contributed by atoms with Crippen molar-refractivity contribution >= 4 is 43.6 Å². The van der Waals surface area contributed by atoms with Gasteiger partial charge in [-0.3, -0.25) is 0 Å². The van der Waals surface area contributed by atoms with Crippen LogP contribution < -0.4 is 0 Å². The van der Waals surface area contributed by atoms with Crippen LogP contribution >= 0.6 is 0 Å². The number of aromatic nitrogens is 2. The highest BCUT2D eigenvalue weighted by atomic mass is 15.0. The summed E-state index contributed by atoms with van der Waals surface area (Å²) in [5, 5.41) is 5.12. The van der Waals surface area contributed by atoms with Crippen molar-refractivity contribution in [2.24, 2.45) is 0 Å². The quantitative estimate of drug-likeness (QED) is 0.194. The topological polar surface area (TPSA) is 9.86 Å². The summed E-state index contributed by atoms with van der Waals surface area (Å²) in [6, 6.07) is 57.8. The summed E-state index contributed by atoms with van der Waals surface area (Å²) in [6.07, 6.45) is 0. The smallest absolute Gasteiger partial charge is 0.0548 e. The SMILES string of the molecule is Cc1ccc(-c2ccc(-n3c4ccccc4c4c5c6ccccc6n(-c6ccc(-c7ccc(C)cc7)cc6)c5ccc43)cc2)cc1. The Bertz CT molecular complexity index is 2360. The molecule has 0 spiro atoms. The molecule has 0 atom stereocenters. The molecule has 0 bridgehead atoms. The van der Waals surface area contributed by atoms with Crippen LogP contribution in [0.1, 0.15) is 11.1 Å². The Morgan fingerprint density at radius 3 is 1.00 bits per heavy atom. The summed E-state index contributed by atoms with van der Waals surface area (Å²) in [5.74, 6) is 0. The maximum atomic E-state index is 2.42. The summed E-state index contributed by atoms with van der Waals surface area (Å²) >= 11 is 0. The standard InChI is InChI=1S/C44H32N2/c1-29-11-15-31(16-12-29)33-19-23-35(24-20-33)45-39-9-5-3-7-37(39)43-41(45)27-28-42-44(43)38-8-4-6-10-40(38)46(42)36-25-21-34(22-26-36)32-17-13-30(2)14-18-32/h3-28H,1-2H3. The lowest BCUT2D eigenvalue weighted by atomic mass is 10.0. The first kappa shape index (κ1) is 26.5. The van der Waals surface area contributed by atoms with Crippen molar-refractivity contribution in [3.05, 3.63) is 169 Å². The maximum Gasteiger partial charge on any atom is 0.0548 e. The van der Waals surface area contributed by atoms with Crippen LogP contribution in [0.4, 0.5) is 0 Å². The van der Waals surface area contributed by atoms with Crippen molar-refractivity contribution in [1.29, 1.82) is 0 Å². The molecule has 9 aromatic rings. The summed E-state index contributed by atoms with van der Waals surface area (Å²) in [7, 11) is 0. The maximum absolute atomic E-state index is 2.42. The van der Waals surface area contributed by atoms with Crippen LogP contribution in [0.25, 0.3) is 77.2 Å². The van der Waals surface area contributed by atoms with Gasteiger partial charge in [-0.05, 0) is 84.6 Å². The van der Waals surface area contributed by atoms with Crippen LogP contribution in [0.15, 0.2) is 158 Å². The largest absolute Gasteiger partial charge is 0.309 e. The molecule has 0 aliphatic carbocycles. The van der Waals surface area contributed by atoms with Crippen LogP contribution in [0.5, 0.6) is 0 Å². The van der Waals surface area contributed by atoms with Gasteiger partial charge in [-0.1, -0.05) is 120 Å². The normalized spacial score (nSPS) is 11.7. The van der Waals surface area contributed by atoms with Gasteiger partial charge in [-0.2, -0.15) is 0 Å². The van der Waals surface area contributed by atoms with E-state index in [2.05, 4.69) is 181 Å². The molecule has 218 valence electrons. The average Bonchev–Trinajstić information content (AvgIpc) is 3.62. The number of hydrogen-bond acceptors (Lipinski definition) is 0. The van der Waals surface area contributed by atoms with Crippen LogP contribution in [-0.4, -0.2) is 9.13 Å². The zero-order valence-corrected chi connectivity index (χ0v) is 25.9. The van der Waals surface area contributed by atoms with Crippen molar-refractivity contribution in [1.82, 2.24) is 9.13 Å². The van der Waals surface area contributed by atoms with Gasteiger partial charge in [0.1, 0.15) is 0 Å². The fraction of sp³-hybridized carbons (Fsp3) is 0.0455.